The van der Waals surface area contributed by atoms with Crippen molar-refractivity contribution in [2.24, 2.45) is 5.10 Å². The number of para-hydroxylation sites is 1. The Morgan fingerprint density at radius 1 is 1.00 bits per heavy atom. The first kappa shape index (κ1) is 18.1. The maximum atomic E-state index is 11.9. The van der Waals surface area contributed by atoms with Crippen LogP contribution in [0.1, 0.15) is 12.8 Å². The molecule has 3 rings (SSSR count). The summed E-state index contributed by atoms with van der Waals surface area (Å²) < 4.78 is 10.6. The maximum absolute atomic E-state index is 11.9. The number of nitrogens with zero attached hydrogens (tertiary/aromatic N) is 1. The molecule has 2 N–H and O–H groups in total. The molecule has 1 heterocycles. The minimum atomic E-state index is -0.725. The Morgan fingerprint density at radius 3 is 2.37 bits per heavy atom. The Labute approximate surface area is 155 Å². The van der Waals surface area contributed by atoms with Crippen molar-refractivity contribution in [3.63, 3.8) is 0 Å². The highest BCUT2D eigenvalue weighted by atomic mass is 16.5. The van der Waals surface area contributed by atoms with E-state index >= 15 is 0 Å². The second kappa shape index (κ2) is 8.61. The van der Waals surface area contributed by atoms with Crippen LogP contribution < -0.4 is 15.5 Å². The summed E-state index contributed by atoms with van der Waals surface area (Å²) in [5.74, 6) is -0.132. The quantitative estimate of drug-likeness (QED) is 0.762. The van der Waals surface area contributed by atoms with Crippen LogP contribution in [0, 0.1) is 0 Å². The summed E-state index contributed by atoms with van der Waals surface area (Å²) >= 11 is 0. The van der Waals surface area contributed by atoms with E-state index in [-0.39, 0.29) is 24.5 Å². The van der Waals surface area contributed by atoms with Gasteiger partial charge in [0.15, 0.2) is 6.61 Å². The molecule has 2 amide bonds. The second-order valence-electron chi connectivity index (χ2n) is 5.66. The molecule has 2 aromatic carbocycles. The molecule has 0 atom stereocenters. The number of benzene rings is 2. The van der Waals surface area contributed by atoms with Crippen molar-refractivity contribution in [1.29, 1.82) is 0 Å². The van der Waals surface area contributed by atoms with Crippen LogP contribution in [0.15, 0.2) is 59.7 Å². The third-order valence-corrected chi connectivity index (χ3v) is 3.59. The molecule has 0 radical (unpaired) electrons. The molecular weight excluding hydrogens is 350 g/mol. The van der Waals surface area contributed by atoms with Gasteiger partial charge in [0.1, 0.15) is 17.2 Å². The largest absolute Gasteiger partial charge is 0.457 e. The summed E-state index contributed by atoms with van der Waals surface area (Å²) in [6.45, 7) is -0.450. The van der Waals surface area contributed by atoms with Gasteiger partial charge in [0, 0.05) is 18.5 Å². The molecular formula is C19H17N3O5. The highest BCUT2D eigenvalue weighted by Gasteiger charge is 2.20. The van der Waals surface area contributed by atoms with Gasteiger partial charge in [-0.15, -0.1) is 0 Å². The van der Waals surface area contributed by atoms with Crippen LogP contribution in [0.2, 0.25) is 0 Å². The number of esters is 1. The topological polar surface area (TPSA) is 106 Å². The van der Waals surface area contributed by atoms with Crippen molar-refractivity contribution in [1.82, 2.24) is 5.43 Å². The van der Waals surface area contributed by atoms with Crippen LogP contribution in [0.3, 0.4) is 0 Å². The fraction of sp³-hybridized carbons (Fsp3) is 0.158. The molecule has 1 aliphatic heterocycles. The van der Waals surface area contributed by atoms with Crippen LogP contribution in [-0.2, 0) is 19.1 Å². The molecule has 0 unspecified atom stereocenters. The van der Waals surface area contributed by atoms with Gasteiger partial charge in [-0.25, -0.2) is 10.2 Å². The SMILES string of the molecule is O=C1CCC(C(=O)OCC(=O)Nc2ccc(Oc3ccccc3)cc2)=NN1. The third kappa shape index (κ3) is 5.40. The summed E-state index contributed by atoms with van der Waals surface area (Å²) in [4.78, 5) is 34.7. The summed E-state index contributed by atoms with van der Waals surface area (Å²) in [7, 11) is 0. The van der Waals surface area contributed by atoms with Crippen molar-refractivity contribution in [3.05, 3.63) is 54.6 Å². The molecule has 0 fully saturated rings. The Hall–Kier alpha value is -3.68. The Bertz CT molecular complexity index is 863. The summed E-state index contributed by atoms with van der Waals surface area (Å²) in [6.07, 6.45) is 0.354. The number of carbonyl (C=O) groups is 3. The first-order valence-corrected chi connectivity index (χ1v) is 8.25. The number of carbonyl (C=O) groups excluding carboxylic acids is 3. The molecule has 0 bridgehead atoms. The number of ether oxygens (including phenoxy) is 2. The molecule has 8 nitrogen and oxygen atoms in total. The van der Waals surface area contributed by atoms with E-state index in [1.165, 1.54) is 0 Å². The average molecular weight is 367 g/mol. The maximum Gasteiger partial charge on any atom is 0.355 e. The number of nitrogens with one attached hydrogen (secondary N) is 2. The fourth-order valence-electron chi connectivity index (χ4n) is 2.26. The molecule has 0 aliphatic carbocycles. The number of hydrogen-bond donors (Lipinski definition) is 2. The molecule has 138 valence electrons. The zero-order valence-electron chi connectivity index (χ0n) is 14.3. The van der Waals surface area contributed by atoms with E-state index in [4.69, 9.17) is 9.47 Å². The Morgan fingerprint density at radius 2 is 1.70 bits per heavy atom. The lowest BCUT2D eigenvalue weighted by Crippen LogP contribution is -2.32. The first-order valence-electron chi connectivity index (χ1n) is 8.25. The molecule has 0 spiro atoms. The van der Waals surface area contributed by atoms with Crippen molar-refractivity contribution in [2.75, 3.05) is 11.9 Å². The summed E-state index contributed by atoms with van der Waals surface area (Å²) in [5, 5.41) is 6.23. The molecule has 0 saturated heterocycles. The zero-order chi connectivity index (χ0) is 19.1. The predicted molar refractivity (Wildman–Crippen MR) is 97.4 cm³/mol. The normalized spacial score (nSPS) is 13.2. The van der Waals surface area contributed by atoms with E-state index < -0.39 is 18.5 Å². The molecule has 1 aliphatic rings. The van der Waals surface area contributed by atoms with Crippen LogP contribution in [-0.4, -0.2) is 30.1 Å². The monoisotopic (exact) mass is 367 g/mol. The van der Waals surface area contributed by atoms with Gasteiger partial charge >= 0.3 is 5.97 Å². The van der Waals surface area contributed by atoms with Crippen molar-refractivity contribution < 1.29 is 23.9 Å². The third-order valence-electron chi connectivity index (χ3n) is 3.59. The van der Waals surface area contributed by atoms with Gasteiger partial charge in [0.05, 0.1) is 0 Å². The zero-order valence-corrected chi connectivity index (χ0v) is 14.3. The number of hydrogen-bond acceptors (Lipinski definition) is 6. The number of amides is 2. The molecule has 27 heavy (non-hydrogen) atoms. The van der Waals surface area contributed by atoms with Crippen LogP contribution >= 0.6 is 0 Å². The molecule has 8 heteroatoms. The predicted octanol–water partition coefficient (Wildman–Crippen LogP) is 2.23. The van der Waals surface area contributed by atoms with Gasteiger partial charge in [0.25, 0.3) is 5.91 Å². The smallest absolute Gasteiger partial charge is 0.355 e. The Balaban J connectivity index is 1.46. The van der Waals surface area contributed by atoms with E-state index in [9.17, 15) is 14.4 Å². The van der Waals surface area contributed by atoms with Crippen molar-refractivity contribution in [2.45, 2.75) is 12.8 Å². The lowest BCUT2D eigenvalue weighted by molar-refractivity contribution is -0.140. The first-order chi connectivity index (χ1) is 13.1. The molecule has 0 saturated carbocycles. The number of hydrazone groups is 1. The Kier molecular flexibility index (Phi) is 5.78. The summed E-state index contributed by atoms with van der Waals surface area (Å²) in [5.41, 5.74) is 2.83. The van der Waals surface area contributed by atoms with E-state index in [1.807, 2.05) is 30.3 Å². The number of anilines is 1. The van der Waals surface area contributed by atoms with E-state index in [2.05, 4.69) is 15.8 Å². The van der Waals surface area contributed by atoms with Gasteiger partial charge in [-0.05, 0) is 36.4 Å². The van der Waals surface area contributed by atoms with Crippen LogP contribution in [0.25, 0.3) is 0 Å². The minimum absolute atomic E-state index is 0.0878. The van der Waals surface area contributed by atoms with E-state index in [0.717, 1.165) is 0 Å². The van der Waals surface area contributed by atoms with Gasteiger partial charge in [-0.1, -0.05) is 18.2 Å². The number of rotatable bonds is 6. The van der Waals surface area contributed by atoms with Crippen molar-refractivity contribution >= 4 is 29.2 Å². The molecule has 2 aromatic rings. The second-order valence-corrected chi connectivity index (χ2v) is 5.66. The van der Waals surface area contributed by atoms with Gasteiger partial charge < -0.3 is 14.8 Å². The standard InChI is InChI=1S/C19H17N3O5/c23-17-11-10-16(21-22-17)19(25)26-12-18(24)20-13-6-8-15(9-7-13)27-14-4-2-1-3-5-14/h1-9H,10-12H2,(H,20,24)(H,22,23). The summed E-state index contributed by atoms with van der Waals surface area (Å²) in [6, 6.07) is 16.1. The van der Waals surface area contributed by atoms with Gasteiger partial charge in [-0.3, -0.25) is 9.59 Å². The van der Waals surface area contributed by atoms with Gasteiger partial charge in [0.2, 0.25) is 5.91 Å². The highest BCUT2D eigenvalue weighted by Crippen LogP contribution is 2.22. The lowest BCUT2D eigenvalue weighted by Gasteiger charge is -2.11. The van der Waals surface area contributed by atoms with Crippen molar-refractivity contribution in [3.8, 4) is 11.5 Å². The van der Waals surface area contributed by atoms with Crippen LogP contribution in [0.5, 0.6) is 11.5 Å². The van der Waals surface area contributed by atoms with Gasteiger partial charge in [-0.2, -0.15) is 5.10 Å². The highest BCUT2D eigenvalue weighted by molar-refractivity contribution is 6.37. The lowest BCUT2D eigenvalue weighted by atomic mass is 10.2. The fourth-order valence-corrected chi connectivity index (χ4v) is 2.26. The van der Waals surface area contributed by atoms with E-state index in [0.29, 0.717) is 17.2 Å². The average Bonchev–Trinajstić information content (AvgIpc) is 2.69. The molecule has 0 aromatic heterocycles. The van der Waals surface area contributed by atoms with Crippen LogP contribution in [0.4, 0.5) is 5.69 Å². The minimum Gasteiger partial charge on any atom is -0.457 e. The van der Waals surface area contributed by atoms with E-state index in [1.54, 1.807) is 24.3 Å².